The molecule has 0 saturated heterocycles. The SMILES string of the molecule is C[C@H]1c2c(-c3ccc4c(c3)OCC4)cc(-c3cccc4c3OCO4)c(O)c2C(O)=C2C(=O)[C@]3(O)C(O)=C(C(N)=O)C(=O)[C@@H](N(C)C)[C@@H]3[C@@H](O)[C@@H]21. The van der Waals surface area contributed by atoms with E-state index in [0.29, 0.717) is 46.1 Å². The molecule has 6 atom stereocenters. The van der Waals surface area contributed by atoms with Crippen molar-refractivity contribution in [3.63, 3.8) is 0 Å². The fourth-order valence-corrected chi connectivity index (χ4v) is 8.69. The summed E-state index contributed by atoms with van der Waals surface area (Å²) in [5.41, 5.74) is 4.11. The minimum Gasteiger partial charge on any atom is -0.508 e. The summed E-state index contributed by atoms with van der Waals surface area (Å²) in [5.74, 6) is -8.29. The first kappa shape index (κ1) is 31.9. The molecule has 0 radical (unpaired) electrons. The minimum absolute atomic E-state index is 0.0476. The van der Waals surface area contributed by atoms with Crippen molar-refractivity contribution in [3.8, 4) is 45.3 Å². The highest BCUT2D eigenvalue weighted by Crippen LogP contribution is 2.59. The highest BCUT2D eigenvalue weighted by atomic mass is 16.7. The summed E-state index contributed by atoms with van der Waals surface area (Å²) in [6.45, 7) is 2.17. The smallest absolute Gasteiger partial charge is 0.255 e. The first-order valence-electron chi connectivity index (χ1n) is 16.2. The number of ether oxygens (including phenoxy) is 3. The lowest BCUT2D eigenvalue weighted by atomic mass is 9.54. The van der Waals surface area contributed by atoms with Crippen molar-refractivity contribution < 1.29 is 54.1 Å². The molecule has 2 aliphatic heterocycles. The third kappa shape index (κ3) is 4.02. The number of hydrogen-bond donors (Lipinski definition) is 6. The number of aliphatic hydroxyl groups is 4. The quantitative estimate of drug-likeness (QED) is 0.219. The average molecular weight is 683 g/mol. The van der Waals surface area contributed by atoms with Gasteiger partial charge in [-0.1, -0.05) is 31.2 Å². The van der Waals surface area contributed by atoms with Gasteiger partial charge in [0.1, 0.15) is 28.6 Å². The molecule has 1 amide bonds. The number of nitrogens with zero attached hydrogens (tertiary/aromatic N) is 1. The van der Waals surface area contributed by atoms with Crippen LogP contribution < -0.4 is 19.9 Å². The van der Waals surface area contributed by atoms with E-state index in [4.69, 9.17) is 19.9 Å². The van der Waals surface area contributed by atoms with Crippen molar-refractivity contribution in [2.45, 2.75) is 37.0 Å². The number of likely N-dealkylation sites (N-methyl/N-ethyl adjacent to an activating group) is 1. The number of carbonyl (C=O) groups excluding carboxylic acids is 3. The summed E-state index contributed by atoms with van der Waals surface area (Å²) in [6.07, 6.45) is -0.997. The molecule has 8 rings (SSSR count). The Balaban J connectivity index is 1.43. The summed E-state index contributed by atoms with van der Waals surface area (Å²) in [7, 11) is 2.93. The Morgan fingerprint density at radius 2 is 1.74 bits per heavy atom. The Morgan fingerprint density at radius 3 is 2.46 bits per heavy atom. The molecule has 2 heterocycles. The number of benzene rings is 3. The molecule has 258 valence electrons. The van der Waals surface area contributed by atoms with E-state index < -0.39 is 81.4 Å². The summed E-state index contributed by atoms with van der Waals surface area (Å²) >= 11 is 0. The molecule has 0 spiro atoms. The van der Waals surface area contributed by atoms with Gasteiger partial charge in [-0.2, -0.15) is 0 Å². The topological polar surface area (TPSA) is 209 Å². The highest BCUT2D eigenvalue weighted by molar-refractivity contribution is 6.24. The van der Waals surface area contributed by atoms with E-state index in [0.717, 1.165) is 12.0 Å². The number of phenols is 1. The maximum Gasteiger partial charge on any atom is 0.255 e. The predicted octanol–water partition coefficient (Wildman–Crippen LogP) is 2.49. The summed E-state index contributed by atoms with van der Waals surface area (Å²) < 4.78 is 17.2. The number of ketones is 2. The van der Waals surface area contributed by atoms with Crippen LogP contribution >= 0.6 is 0 Å². The molecule has 7 N–H and O–H groups in total. The average Bonchev–Trinajstić information content (AvgIpc) is 3.76. The van der Waals surface area contributed by atoms with Gasteiger partial charge in [-0.25, -0.2) is 0 Å². The van der Waals surface area contributed by atoms with Gasteiger partial charge in [0.05, 0.1) is 30.2 Å². The number of phenolic OH excluding ortho intramolecular Hbond substituents is 1. The van der Waals surface area contributed by atoms with E-state index >= 15 is 0 Å². The second-order valence-corrected chi connectivity index (χ2v) is 13.6. The van der Waals surface area contributed by atoms with Crippen LogP contribution in [0, 0.1) is 11.8 Å². The molecule has 1 fully saturated rings. The van der Waals surface area contributed by atoms with Gasteiger partial charge in [0, 0.05) is 29.0 Å². The molecule has 1 saturated carbocycles. The predicted molar refractivity (Wildman–Crippen MR) is 177 cm³/mol. The molecule has 0 aromatic heterocycles. The van der Waals surface area contributed by atoms with Gasteiger partial charge in [-0.15, -0.1) is 0 Å². The normalized spacial score (nSPS) is 27.9. The molecule has 3 aliphatic carbocycles. The largest absolute Gasteiger partial charge is 0.508 e. The van der Waals surface area contributed by atoms with Crippen molar-refractivity contribution in [2.24, 2.45) is 17.6 Å². The van der Waals surface area contributed by atoms with E-state index in [1.165, 1.54) is 19.0 Å². The van der Waals surface area contributed by atoms with Crippen LogP contribution in [0.5, 0.6) is 23.0 Å². The monoisotopic (exact) mass is 682 g/mol. The van der Waals surface area contributed by atoms with Gasteiger partial charge in [-0.05, 0) is 60.5 Å². The number of amides is 1. The number of rotatable bonds is 4. The van der Waals surface area contributed by atoms with E-state index in [2.05, 4.69) is 0 Å². The number of carbonyl (C=O) groups is 3. The number of aromatic hydroxyl groups is 1. The lowest BCUT2D eigenvalue weighted by molar-refractivity contribution is -0.169. The molecule has 13 heteroatoms. The standard InChI is InChI=1S/C37H34N2O11/c1-14-22-18(16-8-7-15-9-10-48-21(15)11-16)12-19(17-5-4-6-20-33(17)50-13-49-20)29(40)24(22)30(41)25-23(14)31(42)27-28(39(2)3)32(43)26(36(38)46)35(45)37(27,47)34(25)44/h4-8,11-12,14,23,27-28,31,40-42,45,47H,9-10,13H2,1-3H3,(H2,38,46)/t14-,23+,27+,28-,31-,37-/m0/s1. The Labute approximate surface area is 285 Å². The van der Waals surface area contributed by atoms with Gasteiger partial charge in [0.15, 0.2) is 22.9 Å². The third-order valence-electron chi connectivity index (χ3n) is 10.9. The molecule has 0 unspecified atom stereocenters. The number of Topliss-reactive ketones (excluding diaryl/α,β-unsaturated/α-hetero) is 2. The van der Waals surface area contributed by atoms with Gasteiger partial charge in [-0.3, -0.25) is 19.3 Å². The lowest BCUT2D eigenvalue weighted by Gasteiger charge is -2.54. The summed E-state index contributed by atoms with van der Waals surface area (Å²) in [5, 5.41) is 59.8. The number of para-hydroxylation sites is 1. The van der Waals surface area contributed by atoms with Crippen LogP contribution in [0.25, 0.3) is 28.0 Å². The van der Waals surface area contributed by atoms with E-state index in [-0.39, 0.29) is 17.9 Å². The number of fused-ring (bicyclic) bond motifs is 5. The fraction of sp³-hybridized carbons (Fsp3) is 0.324. The second-order valence-electron chi connectivity index (χ2n) is 13.6. The molecule has 50 heavy (non-hydrogen) atoms. The zero-order valence-corrected chi connectivity index (χ0v) is 27.3. The summed E-state index contributed by atoms with van der Waals surface area (Å²) in [6, 6.07) is 11.1. The molecule has 5 aliphatic rings. The van der Waals surface area contributed by atoms with Crippen LogP contribution in [0.1, 0.15) is 29.5 Å². The van der Waals surface area contributed by atoms with Crippen LogP contribution in [-0.2, 0) is 20.8 Å². The van der Waals surface area contributed by atoms with Crippen LogP contribution in [0.3, 0.4) is 0 Å². The second kappa shape index (κ2) is 10.8. The van der Waals surface area contributed by atoms with Gasteiger partial charge >= 0.3 is 0 Å². The van der Waals surface area contributed by atoms with Crippen molar-refractivity contribution in [2.75, 3.05) is 27.5 Å². The van der Waals surface area contributed by atoms with Gasteiger partial charge < -0.3 is 45.5 Å². The van der Waals surface area contributed by atoms with Crippen molar-refractivity contribution in [3.05, 3.63) is 76.1 Å². The number of hydrogen-bond acceptors (Lipinski definition) is 12. The first-order chi connectivity index (χ1) is 23.8. The van der Waals surface area contributed by atoms with Crippen LogP contribution in [-0.4, -0.2) is 93.1 Å². The van der Waals surface area contributed by atoms with Crippen LogP contribution in [0.4, 0.5) is 0 Å². The van der Waals surface area contributed by atoms with Crippen LogP contribution in [0.15, 0.2) is 59.4 Å². The molecular formula is C37H34N2O11. The number of primary amides is 1. The lowest BCUT2D eigenvalue weighted by Crippen LogP contribution is -2.70. The molecule has 13 nitrogen and oxygen atoms in total. The van der Waals surface area contributed by atoms with Gasteiger partial charge in [0.2, 0.25) is 12.6 Å². The Hall–Kier alpha value is -5.37. The molecule has 3 aromatic carbocycles. The Kier molecular flexibility index (Phi) is 6.89. The van der Waals surface area contributed by atoms with Crippen molar-refractivity contribution in [1.29, 1.82) is 0 Å². The van der Waals surface area contributed by atoms with E-state index in [9.17, 15) is 39.9 Å². The Bertz CT molecular complexity index is 2140. The zero-order valence-electron chi connectivity index (χ0n) is 27.3. The number of aliphatic hydroxyl groups excluding tert-OH is 3. The molecule has 3 aromatic rings. The van der Waals surface area contributed by atoms with Crippen LogP contribution in [0.2, 0.25) is 0 Å². The number of nitrogens with two attached hydrogens (primary N) is 1. The van der Waals surface area contributed by atoms with Crippen molar-refractivity contribution in [1.82, 2.24) is 4.90 Å². The summed E-state index contributed by atoms with van der Waals surface area (Å²) in [4.78, 5) is 41.9. The first-order valence-corrected chi connectivity index (χ1v) is 16.2. The third-order valence-corrected chi connectivity index (χ3v) is 10.9. The molecular weight excluding hydrogens is 648 g/mol. The van der Waals surface area contributed by atoms with E-state index in [1.54, 1.807) is 31.2 Å². The zero-order chi connectivity index (χ0) is 35.5. The van der Waals surface area contributed by atoms with Gasteiger partial charge in [0.25, 0.3) is 5.91 Å². The van der Waals surface area contributed by atoms with E-state index in [1.807, 2.05) is 18.2 Å². The fourth-order valence-electron chi connectivity index (χ4n) is 8.69. The maximum absolute atomic E-state index is 14.6. The minimum atomic E-state index is -3.03. The molecule has 0 bridgehead atoms. The van der Waals surface area contributed by atoms with Crippen molar-refractivity contribution >= 4 is 23.2 Å². The highest BCUT2D eigenvalue weighted by Gasteiger charge is 2.68. The Morgan fingerprint density at radius 1 is 0.980 bits per heavy atom. The maximum atomic E-state index is 14.6.